The van der Waals surface area contributed by atoms with Crippen LogP contribution in [0, 0.1) is 0 Å². The van der Waals surface area contributed by atoms with Gasteiger partial charge in [0, 0.05) is 6.42 Å². The zero-order chi connectivity index (χ0) is 26.5. The number of alkyl halides is 4. The molecule has 2 aromatic rings. The molecule has 1 aromatic heterocycles. The number of nitrogens with one attached hydrogen (secondary N) is 2. The lowest BCUT2D eigenvalue weighted by Gasteiger charge is -2.23. The Kier molecular flexibility index (Phi) is 8.33. The van der Waals surface area contributed by atoms with Gasteiger partial charge in [0.1, 0.15) is 30.7 Å². The molecule has 0 spiro atoms. The number of hydrogen-bond acceptors (Lipinski definition) is 5. The smallest absolute Gasteiger partial charge is 0.416 e. The molecule has 2 N–H and O–H groups in total. The third-order valence-electron chi connectivity index (χ3n) is 5.19. The van der Waals surface area contributed by atoms with Crippen LogP contribution in [0.25, 0.3) is 5.69 Å². The Labute approximate surface area is 204 Å². The predicted octanol–water partition coefficient (Wildman–Crippen LogP) is 4.83. The Morgan fingerprint density at radius 1 is 1.39 bits per heavy atom. The molecule has 1 aromatic carbocycles. The van der Waals surface area contributed by atoms with Crippen molar-refractivity contribution in [1.82, 2.24) is 20.2 Å². The molecule has 0 saturated carbocycles. The Balaban J connectivity index is 1.72. The maximum Gasteiger partial charge on any atom is 0.416 e. The Morgan fingerprint density at radius 2 is 2.14 bits per heavy atom. The molecule has 0 saturated heterocycles. The van der Waals surface area contributed by atoms with Gasteiger partial charge in [0.25, 0.3) is 0 Å². The first-order valence-electron chi connectivity index (χ1n) is 11.0. The molecule has 0 bridgehead atoms. The van der Waals surface area contributed by atoms with E-state index >= 15 is 0 Å². The maximum absolute atomic E-state index is 13.0. The van der Waals surface area contributed by atoms with Gasteiger partial charge in [-0.05, 0) is 51.8 Å². The molecule has 2 heterocycles. The summed E-state index contributed by atoms with van der Waals surface area (Å²) in [4.78, 5) is 24.3. The second-order valence-electron chi connectivity index (χ2n) is 7.88. The molecule has 36 heavy (non-hydrogen) atoms. The molecule has 0 fully saturated rings. The summed E-state index contributed by atoms with van der Waals surface area (Å²) in [5.74, 6) is 0.301. The molecule has 1 amide bonds. The standard InChI is InChI=1S/C23H26F4N6O3/c1-5-19(32-22(34)35-9-8-13(2)24)31-21(28-4)30-14(3)20-17-11-36-18-10-15(23(25,26)27)6-7-16(18)33(17)12-29-20/h5-7,10,12-14H,4,8-9,11H2,1-3H3,(H,30,31)(H,32,34)/b19-5+. The van der Waals surface area contributed by atoms with Crippen LogP contribution < -0.4 is 15.4 Å². The van der Waals surface area contributed by atoms with Crippen molar-refractivity contribution < 1.29 is 31.8 Å². The second kappa shape index (κ2) is 11.2. The number of imidazole rings is 1. The fourth-order valence-electron chi connectivity index (χ4n) is 3.36. The molecule has 3 rings (SSSR count). The zero-order valence-corrected chi connectivity index (χ0v) is 19.9. The van der Waals surface area contributed by atoms with Crippen molar-refractivity contribution in [2.75, 3.05) is 6.61 Å². The van der Waals surface area contributed by atoms with Gasteiger partial charge in [0.05, 0.1) is 35.3 Å². The molecular formula is C23H26F4N6O3. The number of hydrogen-bond donors (Lipinski definition) is 2. The van der Waals surface area contributed by atoms with Gasteiger partial charge < -0.3 is 14.8 Å². The summed E-state index contributed by atoms with van der Waals surface area (Å²) in [5.41, 5.74) is 0.839. The molecule has 13 heteroatoms. The monoisotopic (exact) mass is 510 g/mol. The lowest BCUT2D eigenvalue weighted by Crippen LogP contribution is -2.29. The number of guanidine groups is 1. The molecule has 9 nitrogen and oxygen atoms in total. The van der Waals surface area contributed by atoms with Crippen molar-refractivity contribution in [3.63, 3.8) is 0 Å². The summed E-state index contributed by atoms with van der Waals surface area (Å²) >= 11 is 0. The molecule has 0 aliphatic carbocycles. The summed E-state index contributed by atoms with van der Waals surface area (Å²) in [5, 5.41) is 5.46. The van der Waals surface area contributed by atoms with Crippen molar-refractivity contribution in [2.45, 2.75) is 52.2 Å². The first-order valence-corrected chi connectivity index (χ1v) is 11.0. The lowest BCUT2D eigenvalue weighted by atomic mass is 10.1. The van der Waals surface area contributed by atoms with Gasteiger partial charge in [0.15, 0.2) is 0 Å². The molecular weight excluding hydrogens is 484 g/mol. The van der Waals surface area contributed by atoms with Gasteiger partial charge in [0.2, 0.25) is 5.96 Å². The molecule has 2 unspecified atom stereocenters. The number of aliphatic imine (C=N–C) groups is 2. The van der Waals surface area contributed by atoms with E-state index in [4.69, 9.17) is 9.47 Å². The van der Waals surface area contributed by atoms with Crippen LogP contribution in [-0.4, -0.2) is 41.1 Å². The Morgan fingerprint density at radius 3 is 2.78 bits per heavy atom. The van der Waals surface area contributed by atoms with Crippen molar-refractivity contribution in [3.8, 4) is 11.4 Å². The fourth-order valence-corrected chi connectivity index (χ4v) is 3.36. The summed E-state index contributed by atoms with van der Waals surface area (Å²) in [6.07, 6.45) is -3.28. The minimum Gasteiger partial charge on any atom is -0.485 e. The quantitative estimate of drug-likeness (QED) is 0.316. The number of alkyl carbamates (subject to hydrolysis) is 1. The minimum absolute atomic E-state index is 0.00860. The summed E-state index contributed by atoms with van der Waals surface area (Å²) in [7, 11) is 0. The highest BCUT2D eigenvalue weighted by molar-refractivity contribution is 5.85. The average Bonchev–Trinajstić information content (AvgIpc) is 3.26. The predicted molar refractivity (Wildman–Crippen MR) is 125 cm³/mol. The third-order valence-corrected chi connectivity index (χ3v) is 5.19. The summed E-state index contributed by atoms with van der Waals surface area (Å²) < 4.78 is 64.1. The van der Waals surface area contributed by atoms with E-state index < -0.39 is 30.0 Å². The highest BCUT2D eigenvalue weighted by atomic mass is 19.4. The second-order valence-corrected chi connectivity index (χ2v) is 7.88. The number of aromatic nitrogens is 2. The third kappa shape index (κ3) is 6.40. The summed E-state index contributed by atoms with van der Waals surface area (Å²) in [6.45, 7) is 8.18. The number of nitrogens with zero attached hydrogens (tertiary/aromatic N) is 4. The van der Waals surface area contributed by atoms with E-state index in [1.54, 1.807) is 18.4 Å². The van der Waals surface area contributed by atoms with Gasteiger partial charge in [-0.15, -0.1) is 0 Å². The van der Waals surface area contributed by atoms with E-state index in [0.717, 1.165) is 12.1 Å². The van der Waals surface area contributed by atoms with Crippen molar-refractivity contribution in [3.05, 3.63) is 53.4 Å². The fraction of sp³-hybridized carbons (Fsp3) is 0.391. The van der Waals surface area contributed by atoms with Crippen LogP contribution in [0.4, 0.5) is 22.4 Å². The van der Waals surface area contributed by atoms with Crippen molar-refractivity contribution in [1.29, 1.82) is 0 Å². The normalized spacial score (nSPS) is 15.2. The Bertz CT molecular complexity index is 1170. The number of amides is 1. The van der Waals surface area contributed by atoms with E-state index in [0.29, 0.717) is 17.1 Å². The lowest BCUT2D eigenvalue weighted by molar-refractivity contribution is -0.137. The largest absolute Gasteiger partial charge is 0.485 e. The first kappa shape index (κ1) is 26.7. The average molecular weight is 510 g/mol. The van der Waals surface area contributed by atoms with E-state index in [1.165, 1.54) is 25.4 Å². The highest BCUT2D eigenvalue weighted by Crippen LogP contribution is 2.38. The van der Waals surface area contributed by atoms with Crippen LogP contribution in [-0.2, 0) is 17.5 Å². The summed E-state index contributed by atoms with van der Waals surface area (Å²) in [6, 6.07) is 2.82. The van der Waals surface area contributed by atoms with Gasteiger partial charge in [-0.3, -0.25) is 9.88 Å². The number of carbonyl (C=O) groups is 1. The molecule has 1 aliphatic heterocycles. The van der Waals surface area contributed by atoms with E-state index in [1.807, 2.05) is 0 Å². The molecule has 0 radical (unpaired) electrons. The SMILES string of the molecule is C=N/C(=N\C(=C/C)NC(=O)OCCC(C)F)NC(C)c1ncn2c1COc1cc(C(F)(F)F)ccc1-2. The van der Waals surface area contributed by atoms with E-state index in [9.17, 15) is 22.4 Å². The maximum atomic E-state index is 13.0. The van der Waals surface area contributed by atoms with Crippen LogP contribution >= 0.6 is 0 Å². The molecule has 2 atom stereocenters. The number of benzene rings is 1. The van der Waals surface area contributed by atoms with Crippen molar-refractivity contribution in [2.24, 2.45) is 9.98 Å². The zero-order valence-electron chi connectivity index (χ0n) is 19.9. The van der Waals surface area contributed by atoms with E-state index in [-0.39, 0.29) is 37.2 Å². The number of carbonyl (C=O) groups excluding carboxylic acids is 1. The van der Waals surface area contributed by atoms with Crippen LogP contribution in [0.3, 0.4) is 0 Å². The molecule has 1 aliphatic rings. The number of ether oxygens (including phenoxy) is 2. The van der Waals surface area contributed by atoms with Gasteiger partial charge in [-0.1, -0.05) is 0 Å². The number of rotatable bonds is 7. The highest BCUT2D eigenvalue weighted by Gasteiger charge is 2.33. The first-order chi connectivity index (χ1) is 17.0. The van der Waals surface area contributed by atoms with Crippen LogP contribution in [0.15, 0.2) is 46.4 Å². The van der Waals surface area contributed by atoms with Gasteiger partial charge >= 0.3 is 12.3 Å². The van der Waals surface area contributed by atoms with Crippen molar-refractivity contribution >= 4 is 18.8 Å². The van der Waals surface area contributed by atoms with Crippen LogP contribution in [0.1, 0.15) is 50.2 Å². The van der Waals surface area contributed by atoms with Crippen LogP contribution in [0.2, 0.25) is 0 Å². The number of halogens is 4. The number of allylic oxidation sites excluding steroid dienone is 1. The number of fused-ring (bicyclic) bond motifs is 3. The van der Waals surface area contributed by atoms with E-state index in [2.05, 4.69) is 32.3 Å². The minimum atomic E-state index is -4.48. The van der Waals surface area contributed by atoms with Gasteiger partial charge in [-0.25, -0.2) is 19.2 Å². The van der Waals surface area contributed by atoms with Gasteiger partial charge in [-0.2, -0.15) is 18.2 Å². The Hall–Kier alpha value is -3.90. The topological polar surface area (TPSA) is 102 Å². The van der Waals surface area contributed by atoms with Crippen LogP contribution in [0.5, 0.6) is 5.75 Å². The molecule has 194 valence electrons.